The summed E-state index contributed by atoms with van der Waals surface area (Å²) in [6.45, 7) is 3.65. The lowest BCUT2D eigenvalue weighted by molar-refractivity contribution is 0.107. The molecule has 0 saturated carbocycles. The van der Waals surface area contributed by atoms with Gasteiger partial charge in [0.25, 0.3) is 0 Å². The molecule has 2 aromatic rings. The number of likely N-dealkylation sites (tertiary alicyclic amines) is 1. The molecule has 0 aromatic heterocycles. The van der Waals surface area contributed by atoms with Crippen molar-refractivity contribution in [3.8, 4) is 5.75 Å². The van der Waals surface area contributed by atoms with Crippen LogP contribution in [-0.2, 0) is 17.9 Å². The van der Waals surface area contributed by atoms with Gasteiger partial charge in [0.1, 0.15) is 12.4 Å². The zero-order valence-electron chi connectivity index (χ0n) is 13.4. The van der Waals surface area contributed by atoms with Crippen LogP contribution in [0.1, 0.15) is 17.5 Å². The van der Waals surface area contributed by atoms with Crippen molar-refractivity contribution in [1.29, 1.82) is 0 Å². The molecule has 0 N–H and O–H groups in total. The van der Waals surface area contributed by atoms with Gasteiger partial charge in [0, 0.05) is 26.7 Å². The monoisotopic (exact) mass is 375 g/mol. The maximum atomic E-state index is 5.90. The molecule has 3 rings (SSSR count). The number of nitrogens with zero attached hydrogens (tertiary/aromatic N) is 1. The third kappa shape index (κ3) is 4.56. The largest absolute Gasteiger partial charge is 0.488 e. The van der Waals surface area contributed by atoms with E-state index in [1.165, 1.54) is 11.1 Å². The van der Waals surface area contributed by atoms with Crippen molar-refractivity contribution < 1.29 is 9.47 Å². The summed E-state index contributed by atoms with van der Waals surface area (Å²) in [5, 5.41) is 0. The van der Waals surface area contributed by atoms with Gasteiger partial charge in [-0.3, -0.25) is 4.90 Å². The highest BCUT2D eigenvalue weighted by molar-refractivity contribution is 9.10. The van der Waals surface area contributed by atoms with Crippen molar-refractivity contribution in [3.63, 3.8) is 0 Å². The topological polar surface area (TPSA) is 21.7 Å². The number of hydrogen-bond donors (Lipinski definition) is 0. The molecule has 0 bridgehead atoms. The van der Waals surface area contributed by atoms with Gasteiger partial charge in [-0.2, -0.15) is 0 Å². The molecule has 0 unspecified atom stereocenters. The highest BCUT2D eigenvalue weighted by atomic mass is 79.9. The number of rotatable bonds is 6. The lowest BCUT2D eigenvalue weighted by Crippen LogP contribution is -2.22. The maximum Gasteiger partial charge on any atom is 0.134 e. The van der Waals surface area contributed by atoms with Crippen LogP contribution < -0.4 is 4.74 Å². The van der Waals surface area contributed by atoms with Gasteiger partial charge in [-0.15, -0.1) is 0 Å². The van der Waals surface area contributed by atoms with Crippen LogP contribution in [-0.4, -0.2) is 31.2 Å². The minimum absolute atomic E-state index is 0.381. The Hall–Kier alpha value is -1.36. The summed E-state index contributed by atoms with van der Waals surface area (Å²) >= 11 is 3.63. The summed E-state index contributed by atoms with van der Waals surface area (Å²) in [5.74, 6) is 0.883. The molecular formula is C19H22BrNO2. The van der Waals surface area contributed by atoms with E-state index < -0.39 is 0 Å². The first-order valence-electron chi connectivity index (χ1n) is 7.95. The van der Waals surface area contributed by atoms with Crippen LogP contribution in [0, 0.1) is 0 Å². The van der Waals surface area contributed by atoms with Crippen molar-refractivity contribution in [2.75, 3.05) is 20.2 Å². The Morgan fingerprint density at radius 1 is 1.13 bits per heavy atom. The van der Waals surface area contributed by atoms with E-state index in [0.29, 0.717) is 12.7 Å². The Balaban J connectivity index is 1.57. The van der Waals surface area contributed by atoms with Crippen molar-refractivity contribution in [2.45, 2.75) is 25.7 Å². The first kappa shape index (κ1) is 16.5. The summed E-state index contributed by atoms with van der Waals surface area (Å²) in [7, 11) is 1.80. The van der Waals surface area contributed by atoms with Gasteiger partial charge < -0.3 is 9.47 Å². The van der Waals surface area contributed by atoms with Crippen LogP contribution in [0.2, 0.25) is 0 Å². The van der Waals surface area contributed by atoms with Crippen LogP contribution in [0.4, 0.5) is 0 Å². The van der Waals surface area contributed by atoms with Crippen LogP contribution in [0.25, 0.3) is 0 Å². The van der Waals surface area contributed by atoms with Gasteiger partial charge in [-0.1, -0.05) is 36.4 Å². The fraction of sp³-hybridized carbons (Fsp3) is 0.368. The minimum Gasteiger partial charge on any atom is -0.488 e. The van der Waals surface area contributed by atoms with Crippen LogP contribution in [0.15, 0.2) is 53.0 Å². The highest BCUT2D eigenvalue weighted by Crippen LogP contribution is 2.28. The van der Waals surface area contributed by atoms with Crippen molar-refractivity contribution >= 4 is 15.9 Å². The van der Waals surface area contributed by atoms with Gasteiger partial charge in [0.05, 0.1) is 10.6 Å². The number of benzene rings is 2. The molecule has 0 spiro atoms. The zero-order valence-corrected chi connectivity index (χ0v) is 15.0. The summed E-state index contributed by atoms with van der Waals surface area (Å²) in [4.78, 5) is 2.43. The maximum absolute atomic E-state index is 5.90. The number of halogens is 1. The third-order valence-electron chi connectivity index (χ3n) is 4.20. The lowest BCUT2D eigenvalue weighted by atomic mass is 10.2. The molecule has 1 fully saturated rings. The van der Waals surface area contributed by atoms with Crippen LogP contribution >= 0.6 is 15.9 Å². The predicted octanol–water partition coefficient (Wildman–Crippen LogP) is 4.25. The standard InChI is InChI=1S/C19H22BrNO2/c1-22-17-9-10-21(13-17)12-16-7-8-19(18(20)11-16)23-14-15-5-3-2-4-6-15/h2-8,11,17H,9-10,12-14H2,1H3/t17-/m1/s1. The lowest BCUT2D eigenvalue weighted by Gasteiger charge is -2.16. The molecule has 0 amide bonds. The number of ether oxygens (including phenoxy) is 2. The molecule has 1 saturated heterocycles. The first-order chi connectivity index (χ1) is 11.2. The Labute approximate surface area is 146 Å². The van der Waals surface area contributed by atoms with Gasteiger partial charge in [0.15, 0.2) is 0 Å². The Kier molecular flexibility index (Phi) is 5.70. The fourth-order valence-electron chi connectivity index (χ4n) is 2.89. The predicted molar refractivity (Wildman–Crippen MR) is 95.6 cm³/mol. The molecule has 1 heterocycles. The molecule has 4 heteroatoms. The SMILES string of the molecule is CO[C@@H]1CCN(Cc2ccc(OCc3ccccc3)c(Br)c2)C1. The average Bonchev–Trinajstić information content (AvgIpc) is 3.03. The minimum atomic E-state index is 0.381. The second kappa shape index (κ2) is 7.95. The molecular weight excluding hydrogens is 354 g/mol. The second-order valence-electron chi connectivity index (χ2n) is 5.92. The molecule has 2 aromatic carbocycles. The van der Waals surface area contributed by atoms with E-state index >= 15 is 0 Å². The molecule has 23 heavy (non-hydrogen) atoms. The van der Waals surface area contributed by atoms with Crippen molar-refractivity contribution in [2.24, 2.45) is 0 Å². The molecule has 3 nitrogen and oxygen atoms in total. The Morgan fingerprint density at radius 2 is 1.96 bits per heavy atom. The van der Waals surface area contributed by atoms with Crippen molar-refractivity contribution in [1.82, 2.24) is 4.90 Å². The van der Waals surface area contributed by atoms with E-state index in [4.69, 9.17) is 9.47 Å². The number of hydrogen-bond acceptors (Lipinski definition) is 3. The van der Waals surface area contributed by atoms with Crippen LogP contribution in [0.3, 0.4) is 0 Å². The molecule has 1 aliphatic rings. The summed E-state index contributed by atoms with van der Waals surface area (Å²) in [6, 6.07) is 16.6. The normalized spacial score (nSPS) is 18.3. The summed E-state index contributed by atoms with van der Waals surface area (Å²) < 4.78 is 12.3. The van der Waals surface area contributed by atoms with E-state index in [9.17, 15) is 0 Å². The quantitative estimate of drug-likeness (QED) is 0.753. The number of methoxy groups -OCH3 is 1. The van der Waals surface area contributed by atoms with E-state index in [1.807, 2.05) is 24.3 Å². The smallest absolute Gasteiger partial charge is 0.134 e. The molecule has 0 aliphatic carbocycles. The van der Waals surface area contributed by atoms with Crippen molar-refractivity contribution in [3.05, 3.63) is 64.1 Å². The van der Waals surface area contributed by atoms with Gasteiger partial charge in [-0.05, 0) is 45.6 Å². The van der Waals surface area contributed by atoms with Gasteiger partial charge in [-0.25, -0.2) is 0 Å². The summed E-state index contributed by atoms with van der Waals surface area (Å²) in [6.07, 6.45) is 1.50. The van der Waals surface area contributed by atoms with Crippen LogP contribution in [0.5, 0.6) is 5.75 Å². The summed E-state index contributed by atoms with van der Waals surface area (Å²) in [5.41, 5.74) is 2.46. The average molecular weight is 376 g/mol. The Morgan fingerprint density at radius 3 is 2.65 bits per heavy atom. The van der Waals surface area contributed by atoms with E-state index in [-0.39, 0.29) is 0 Å². The highest BCUT2D eigenvalue weighted by Gasteiger charge is 2.21. The third-order valence-corrected chi connectivity index (χ3v) is 4.82. The Bertz CT molecular complexity index is 633. The molecule has 122 valence electrons. The van der Waals surface area contributed by atoms with E-state index in [2.05, 4.69) is 45.1 Å². The molecule has 1 aliphatic heterocycles. The van der Waals surface area contributed by atoms with E-state index in [1.54, 1.807) is 7.11 Å². The zero-order chi connectivity index (χ0) is 16.1. The molecule has 0 radical (unpaired) electrons. The van der Waals surface area contributed by atoms with Gasteiger partial charge in [0.2, 0.25) is 0 Å². The van der Waals surface area contributed by atoms with Gasteiger partial charge >= 0.3 is 0 Å². The first-order valence-corrected chi connectivity index (χ1v) is 8.74. The second-order valence-corrected chi connectivity index (χ2v) is 6.77. The molecule has 1 atom stereocenters. The van der Waals surface area contributed by atoms with E-state index in [0.717, 1.165) is 36.3 Å². The fourth-order valence-corrected chi connectivity index (χ4v) is 3.43.